The van der Waals surface area contributed by atoms with Crippen molar-refractivity contribution in [3.8, 4) is 0 Å². The van der Waals surface area contributed by atoms with Crippen LogP contribution >= 0.6 is 0 Å². The minimum absolute atomic E-state index is 0.0524. The maximum Gasteiger partial charge on any atom is 0.256 e. The van der Waals surface area contributed by atoms with E-state index in [2.05, 4.69) is 20.3 Å². The van der Waals surface area contributed by atoms with Gasteiger partial charge in [-0.05, 0) is 12.1 Å². The predicted octanol–water partition coefficient (Wildman–Crippen LogP) is 1.64. The number of aromatic nitrogens is 4. The number of fused-ring (bicyclic) bond motifs is 1. The lowest BCUT2D eigenvalue weighted by atomic mass is 10.0. The Bertz CT molecular complexity index is 1030. The number of methoxy groups -OCH3 is 1. The number of hydrogen-bond donors (Lipinski definition) is 2. The highest BCUT2D eigenvalue weighted by atomic mass is 16.6. The van der Waals surface area contributed by atoms with Crippen molar-refractivity contribution in [2.75, 3.05) is 32.2 Å². The second kappa shape index (κ2) is 9.48. The van der Waals surface area contributed by atoms with E-state index in [9.17, 15) is 9.90 Å². The van der Waals surface area contributed by atoms with Crippen LogP contribution in [-0.4, -0.2) is 69.7 Å². The molecule has 1 saturated heterocycles. The molecule has 10 heteroatoms. The van der Waals surface area contributed by atoms with Gasteiger partial charge >= 0.3 is 0 Å². The van der Waals surface area contributed by atoms with Gasteiger partial charge in [-0.3, -0.25) is 9.36 Å². The number of nitrogens with zero attached hydrogens (tertiary/aromatic N) is 4. The van der Waals surface area contributed by atoms with Crippen molar-refractivity contribution < 1.29 is 24.1 Å². The molecular weight excluding hydrogens is 402 g/mol. The summed E-state index contributed by atoms with van der Waals surface area (Å²) in [5, 5.41) is 12.5. The highest BCUT2D eigenvalue weighted by molar-refractivity contribution is 6.06. The zero-order valence-corrected chi connectivity index (χ0v) is 17.3. The van der Waals surface area contributed by atoms with Crippen molar-refractivity contribution in [2.24, 2.45) is 5.92 Å². The summed E-state index contributed by atoms with van der Waals surface area (Å²) in [5.74, 6) is -0.0374. The fourth-order valence-corrected chi connectivity index (χ4v) is 3.69. The van der Waals surface area contributed by atoms with Crippen LogP contribution in [0.4, 0.5) is 5.82 Å². The highest BCUT2D eigenvalue weighted by Crippen LogP contribution is 2.37. The third-order valence-corrected chi connectivity index (χ3v) is 5.38. The first kappa shape index (κ1) is 21.3. The summed E-state index contributed by atoms with van der Waals surface area (Å²) < 4.78 is 18.9. The number of rotatable bonds is 8. The molecule has 10 nitrogen and oxygen atoms in total. The lowest BCUT2D eigenvalue weighted by molar-refractivity contribution is -0.0757. The van der Waals surface area contributed by atoms with Crippen LogP contribution < -0.4 is 5.32 Å². The fraction of sp³-hybridized carbons (Fsp3) is 0.429. The topological polar surface area (TPSA) is 121 Å². The summed E-state index contributed by atoms with van der Waals surface area (Å²) in [7, 11) is 1.61. The van der Waals surface area contributed by atoms with Gasteiger partial charge in [-0.15, -0.1) is 0 Å². The second-order valence-corrected chi connectivity index (χ2v) is 7.30. The highest BCUT2D eigenvalue weighted by Gasteiger charge is 2.44. The van der Waals surface area contributed by atoms with Crippen molar-refractivity contribution in [2.45, 2.75) is 25.4 Å². The molecule has 1 unspecified atom stereocenters. The van der Waals surface area contributed by atoms with Crippen molar-refractivity contribution >= 4 is 22.9 Å². The van der Waals surface area contributed by atoms with Gasteiger partial charge in [0.25, 0.3) is 5.91 Å². The smallest absolute Gasteiger partial charge is 0.256 e. The van der Waals surface area contributed by atoms with Gasteiger partial charge in [0.1, 0.15) is 12.4 Å². The zero-order valence-electron chi connectivity index (χ0n) is 17.3. The molecule has 0 saturated carbocycles. The van der Waals surface area contributed by atoms with Crippen molar-refractivity contribution in [1.82, 2.24) is 19.5 Å². The van der Waals surface area contributed by atoms with Gasteiger partial charge in [0, 0.05) is 18.6 Å². The Kier molecular flexibility index (Phi) is 6.52. The molecule has 3 aromatic rings. The number of carbonyl (C=O) groups is 1. The number of nitrogens with one attached hydrogen (secondary N) is 1. The van der Waals surface area contributed by atoms with E-state index in [1.807, 2.05) is 13.0 Å². The molecule has 1 aliphatic heterocycles. The molecule has 1 aliphatic rings. The Morgan fingerprint density at radius 2 is 2.03 bits per heavy atom. The lowest BCUT2D eigenvalue weighted by Crippen LogP contribution is -2.29. The Morgan fingerprint density at radius 1 is 1.23 bits per heavy atom. The monoisotopic (exact) mass is 427 g/mol. The number of ether oxygens (including phenoxy) is 3. The normalized spacial score (nSPS) is 23.3. The molecule has 1 fully saturated rings. The quantitative estimate of drug-likeness (QED) is 0.521. The number of imidazole rings is 1. The standard InChI is InChI=1S/C21H25N5O5/c1-13-15(10-27)31-21(17(13)30-9-8-29-2)26-12-24-16-18(22-11-23-19(16)26)25-20(28)14-6-4-3-5-7-14/h3-7,11-13,15,17,21,27H,8-10H2,1-2H3,(H,22,23,25,28)/t13?,15-,17+,21-/m1/s1. The van der Waals surface area contributed by atoms with Crippen LogP contribution in [0.2, 0.25) is 0 Å². The summed E-state index contributed by atoms with van der Waals surface area (Å²) in [5.41, 5.74) is 1.44. The van der Waals surface area contributed by atoms with Crippen LogP contribution in [0, 0.1) is 5.92 Å². The molecule has 1 aromatic carbocycles. The van der Waals surface area contributed by atoms with Gasteiger partial charge in [-0.25, -0.2) is 15.0 Å². The molecule has 3 heterocycles. The fourth-order valence-electron chi connectivity index (χ4n) is 3.69. The number of carbonyl (C=O) groups excluding carboxylic acids is 1. The van der Waals surface area contributed by atoms with E-state index in [1.165, 1.54) is 6.33 Å². The number of anilines is 1. The number of amides is 1. The van der Waals surface area contributed by atoms with E-state index >= 15 is 0 Å². The first-order valence-corrected chi connectivity index (χ1v) is 10.0. The summed E-state index contributed by atoms with van der Waals surface area (Å²) >= 11 is 0. The Morgan fingerprint density at radius 3 is 2.77 bits per heavy atom. The van der Waals surface area contributed by atoms with Gasteiger partial charge < -0.3 is 24.6 Å². The lowest BCUT2D eigenvalue weighted by Gasteiger charge is -2.22. The summed E-state index contributed by atoms with van der Waals surface area (Å²) in [6, 6.07) is 8.86. The zero-order chi connectivity index (χ0) is 21.8. The average Bonchev–Trinajstić information content (AvgIpc) is 3.36. The van der Waals surface area contributed by atoms with Gasteiger partial charge in [0.2, 0.25) is 0 Å². The minimum Gasteiger partial charge on any atom is -0.394 e. The van der Waals surface area contributed by atoms with Gasteiger partial charge in [-0.1, -0.05) is 25.1 Å². The number of aliphatic hydroxyl groups is 1. The molecule has 0 aliphatic carbocycles. The van der Waals surface area contributed by atoms with E-state index < -0.39 is 6.23 Å². The molecular formula is C21H25N5O5. The molecule has 0 bridgehead atoms. The van der Waals surface area contributed by atoms with E-state index in [1.54, 1.807) is 42.3 Å². The van der Waals surface area contributed by atoms with E-state index in [-0.39, 0.29) is 30.6 Å². The molecule has 2 aromatic heterocycles. The number of aliphatic hydroxyl groups excluding tert-OH is 1. The predicted molar refractivity (Wildman–Crippen MR) is 111 cm³/mol. The molecule has 2 N–H and O–H groups in total. The third kappa shape index (κ3) is 4.28. The number of hydrogen-bond acceptors (Lipinski definition) is 8. The SMILES string of the molecule is COCCO[C@H]1C(C)[C@@H](CO)O[C@H]1n1cnc2c(NC(=O)c3ccccc3)ncnc21. The van der Waals surface area contributed by atoms with Gasteiger partial charge in [0.15, 0.2) is 23.2 Å². The molecule has 164 valence electrons. The van der Waals surface area contributed by atoms with Crippen LogP contribution in [0.1, 0.15) is 23.5 Å². The summed E-state index contributed by atoms with van der Waals surface area (Å²) in [4.78, 5) is 25.5. The first-order chi connectivity index (χ1) is 15.1. The number of benzene rings is 1. The first-order valence-electron chi connectivity index (χ1n) is 10.0. The summed E-state index contributed by atoms with van der Waals surface area (Å²) in [6.07, 6.45) is 1.70. The van der Waals surface area contributed by atoms with Crippen molar-refractivity contribution in [3.63, 3.8) is 0 Å². The van der Waals surface area contributed by atoms with Crippen LogP contribution in [0.5, 0.6) is 0 Å². The van der Waals surface area contributed by atoms with E-state index in [0.29, 0.717) is 35.8 Å². The molecule has 1 amide bonds. The largest absolute Gasteiger partial charge is 0.394 e. The van der Waals surface area contributed by atoms with Crippen LogP contribution in [0.3, 0.4) is 0 Å². The van der Waals surface area contributed by atoms with E-state index in [0.717, 1.165) is 0 Å². The van der Waals surface area contributed by atoms with Gasteiger partial charge in [-0.2, -0.15) is 0 Å². The van der Waals surface area contributed by atoms with E-state index in [4.69, 9.17) is 14.2 Å². The van der Waals surface area contributed by atoms with Gasteiger partial charge in [0.05, 0.1) is 32.3 Å². The summed E-state index contributed by atoms with van der Waals surface area (Å²) in [6.45, 7) is 2.69. The minimum atomic E-state index is -0.540. The molecule has 4 atom stereocenters. The Hall–Kier alpha value is -2.92. The van der Waals surface area contributed by atoms with Crippen LogP contribution in [-0.2, 0) is 14.2 Å². The Balaban J connectivity index is 1.62. The molecule has 31 heavy (non-hydrogen) atoms. The average molecular weight is 427 g/mol. The van der Waals surface area contributed by atoms with Crippen LogP contribution in [0.15, 0.2) is 43.0 Å². The van der Waals surface area contributed by atoms with Crippen molar-refractivity contribution in [1.29, 1.82) is 0 Å². The molecule has 0 spiro atoms. The molecule has 4 rings (SSSR count). The Labute approximate surface area is 179 Å². The maximum atomic E-state index is 12.6. The third-order valence-electron chi connectivity index (χ3n) is 5.38. The van der Waals surface area contributed by atoms with Crippen molar-refractivity contribution in [3.05, 3.63) is 48.5 Å². The maximum absolute atomic E-state index is 12.6. The van der Waals surface area contributed by atoms with Crippen LogP contribution in [0.25, 0.3) is 11.2 Å². The second-order valence-electron chi connectivity index (χ2n) is 7.30. The molecule has 0 radical (unpaired) electrons.